The molecule has 0 spiro atoms. The molecule has 1 aromatic carbocycles. The fourth-order valence-corrected chi connectivity index (χ4v) is 3.81. The van der Waals surface area contributed by atoms with Crippen molar-refractivity contribution in [3.63, 3.8) is 0 Å². The summed E-state index contributed by atoms with van der Waals surface area (Å²) < 4.78 is 19.5. The van der Waals surface area contributed by atoms with Crippen molar-refractivity contribution < 1.29 is 18.4 Å². The number of furan rings is 1. The lowest BCUT2D eigenvalue weighted by Gasteiger charge is -2.33. The SMILES string of the molecule is Cc1ccc(-c2nnn(CC(=O)N(c3ccc(F)c(Cl)c3)[C@H](C(=O)NC(C)(C)C)c3ccncc3)n2)o1. The summed E-state index contributed by atoms with van der Waals surface area (Å²) in [5.74, 6) is -0.398. The first-order valence-electron chi connectivity index (χ1n) is 11.4. The van der Waals surface area contributed by atoms with Gasteiger partial charge in [0.15, 0.2) is 5.76 Å². The average molecular weight is 526 g/mol. The number of nitrogens with zero attached hydrogens (tertiary/aromatic N) is 6. The van der Waals surface area contributed by atoms with E-state index in [4.69, 9.17) is 16.0 Å². The molecule has 4 aromatic rings. The van der Waals surface area contributed by atoms with Gasteiger partial charge < -0.3 is 9.73 Å². The molecule has 12 heteroatoms. The van der Waals surface area contributed by atoms with Crippen LogP contribution >= 0.6 is 11.6 Å². The Morgan fingerprint density at radius 2 is 1.89 bits per heavy atom. The van der Waals surface area contributed by atoms with E-state index in [1.165, 1.54) is 29.4 Å². The number of carbonyl (C=O) groups is 2. The Kier molecular flexibility index (Phi) is 7.35. The molecule has 0 unspecified atom stereocenters. The second kappa shape index (κ2) is 10.5. The molecule has 3 aromatic heterocycles. The van der Waals surface area contributed by atoms with Crippen LogP contribution in [0.5, 0.6) is 0 Å². The van der Waals surface area contributed by atoms with E-state index in [0.717, 1.165) is 10.9 Å². The number of halogens is 2. The first kappa shape index (κ1) is 26.0. The van der Waals surface area contributed by atoms with Crippen molar-refractivity contribution in [2.24, 2.45) is 0 Å². The van der Waals surface area contributed by atoms with Crippen LogP contribution in [-0.4, -0.2) is 42.5 Å². The van der Waals surface area contributed by atoms with Gasteiger partial charge in [-0.3, -0.25) is 19.5 Å². The molecule has 2 amide bonds. The van der Waals surface area contributed by atoms with Gasteiger partial charge >= 0.3 is 0 Å². The molecule has 0 radical (unpaired) electrons. The van der Waals surface area contributed by atoms with Crippen LogP contribution in [0.25, 0.3) is 11.6 Å². The van der Waals surface area contributed by atoms with Crippen LogP contribution in [0.3, 0.4) is 0 Å². The van der Waals surface area contributed by atoms with E-state index in [9.17, 15) is 14.0 Å². The smallest absolute Gasteiger partial charge is 0.251 e. The van der Waals surface area contributed by atoms with Gasteiger partial charge in [-0.15, -0.1) is 10.2 Å². The molecule has 0 bridgehead atoms. The summed E-state index contributed by atoms with van der Waals surface area (Å²) >= 11 is 6.06. The van der Waals surface area contributed by atoms with Crippen LogP contribution in [0.1, 0.15) is 38.1 Å². The van der Waals surface area contributed by atoms with Crippen molar-refractivity contribution >= 4 is 29.1 Å². The monoisotopic (exact) mass is 525 g/mol. The van der Waals surface area contributed by atoms with Gasteiger partial charge in [-0.05, 0) is 80.9 Å². The number of pyridine rings is 1. The molecular formula is C25H25ClFN7O3. The minimum Gasteiger partial charge on any atom is -0.458 e. The van der Waals surface area contributed by atoms with Gasteiger partial charge in [-0.1, -0.05) is 11.6 Å². The molecule has 37 heavy (non-hydrogen) atoms. The van der Waals surface area contributed by atoms with E-state index in [-0.39, 0.29) is 23.1 Å². The number of carbonyl (C=O) groups excluding carboxylic acids is 2. The number of tetrazole rings is 1. The third-order valence-corrected chi connectivity index (χ3v) is 5.46. The molecule has 0 fully saturated rings. The van der Waals surface area contributed by atoms with Crippen LogP contribution in [0.15, 0.2) is 59.3 Å². The predicted molar refractivity (Wildman–Crippen MR) is 134 cm³/mol. The highest BCUT2D eigenvalue weighted by Gasteiger charge is 2.35. The molecule has 10 nitrogen and oxygen atoms in total. The standard InChI is InChI=1S/C25H25ClFN7O3/c1-15-5-8-20(37-15)23-30-32-33(31-23)14-21(35)34(17-6-7-19(27)18(26)13-17)22(16-9-11-28-12-10-16)24(36)29-25(2,3)4/h5-13,22H,14H2,1-4H3,(H,29,36)/t22-/m0/s1. The zero-order valence-electron chi connectivity index (χ0n) is 20.6. The number of nitrogens with one attached hydrogen (secondary N) is 1. The maximum atomic E-state index is 14.0. The summed E-state index contributed by atoms with van der Waals surface area (Å²) in [7, 11) is 0. The molecular weight excluding hydrogens is 501 g/mol. The first-order valence-corrected chi connectivity index (χ1v) is 11.7. The molecule has 4 rings (SSSR count). The lowest BCUT2D eigenvalue weighted by atomic mass is 10.0. The Balaban J connectivity index is 1.75. The Morgan fingerprint density at radius 1 is 1.16 bits per heavy atom. The van der Waals surface area contributed by atoms with Crippen molar-refractivity contribution in [2.75, 3.05) is 4.90 Å². The van der Waals surface area contributed by atoms with Gasteiger partial charge in [0.25, 0.3) is 5.91 Å². The van der Waals surface area contributed by atoms with Crippen molar-refractivity contribution in [3.8, 4) is 11.6 Å². The number of benzene rings is 1. The van der Waals surface area contributed by atoms with Gasteiger partial charge in [0.1, 0.15) is 24.2 Å². The second-order valence-electron chi connectivity index (χ2n) is 9.34. The van der Waals surface area contributed by atoms with Crippen molar-refractivity contribution in [1.82, 2.24) is 30.5 Å². The molecule has 0 aliphatic heterocycles. The predicted octanol–water partition coefficient (Wildman–Crippen LogP) is 4.12. The number of amides is 2. The van der Waals surface area contributed by atoms with E-state index in [2.05, 4.69) is 25.7 Å². The average Bonchev–Trinajstić information content (AvgIpc) is 3.47. The molecule has 0 aliphatic rings. The molecule has 0 aliphatic carbocycles. The molecule has 0 saturated heterocycles. The van der Waals surface area contributed by atoms with Crippen LogP contribution in [0, 0.1) is 12.7 Å². The van der Waals surface area contributed by atoms with Crippen molar-refractivity contribution in [2.45, 2.75) is 45.8 Å². The number of rotatable bonds is 7. The van der Waals surface area contributed by atoms with E-state index >= 15 is 0 Å². The highest BCUT2D eigenvalue weighted by molar-refractivity contribution is 6.31. The number of hydrogen-bond acceptors (Lipinski definition) is 7. The van der Waals surface area contributed by atoms with Gasteiger partial charge in [0.2, 0.25) is 11.7 Å². The maximum Gasteiger partial charge on any atom is 0.251 e. The Hall–Kier alpha value is -4.12. The summed E-state index contributed by atoms with van der Waals surface area (Å²) in [6.45, 7) is 6.89. The number of hydrogen-bond donors (Lipinski definition) is 1. The van der Waals surface area contributed by atoms with Gasteiger partial charge in [0, 0.05) is 23.6 Å². The third-order valence-electron chi connectivity index (χ3n) is 5.17. The Morgan fingerprint density at radius 3 is 2.51 bits per heavy atom. The largest absolute Gasteiger partial charge is 0.458 e. The molecule has 0 saturated carbocycles. The summed E-state index contributed by atoms with van der Waals surface area (Å²) in [6.07, 6.45) is 3.03. The summed E-state index contributed by atoms with van der Waals surface area (Å²) in [5.41, 5.74) is 0.106. The number of aromatic nitrogens is 5. The van der Waals surface area contributed by atoms with Gasteiger partial charge in [-0.25, -0.2) is 4.39 Å². The molecule has 1 atom stereocenters. The topological polar surface area (TPSA) is 119 Å². The number of aryl methyl sites for hydroxylation is 1. The molecule has 1 N–H and O–H groups in total. The summed E-state index contributed by atoms with van der Waals surface area (Å²) in [6, 6.07) is 9.38. The maximum absolute atomic E-state index is 14.0. The summed E-state index contributed by atoms with van der Waals surface area (Å²) in [4.78, 5) is 33.7. The van der Waals surface area contributed by atoms with E-state index in [1.807, 2.05) is 20.8 Å². The molecule has 3 heterocycles. The van der Waals surface area contributed by atoms with Crippen LogP contribution in [0.2, 0.25) is 5.02 Å². The highest BCUT2D eigenvalue weighted by Crippen LogP contribution is 2.31. The zero-order valence-corrected chi connectivity index (χ0v) is 21.4. The molecule has 192 valence electrons. The van der Waals surface area contributed by atoms with Crippen molar-refractivity contribution in [3.05, 3.63) is 77.0 Å². The second-order valence-corrected chi connectivity index (χ2v) is 9.75. The first-order chi connectivity index (χ1) is 17.5. The van der Waals surface area contributed by atoms with E-state index < -0.39 is 29.2 Å². The van der Waals surface area contributed by atoms with Gasteiger partial charge in [0.05, 0.1) is 5.02 Å². The lowest BCUT2D eigenvalue weighted by Crippen LogP contribution is -2.50. The number of anilines is 1. The van der Waals surface area contributed by atoms with Crippen LogP contribution in [0.4, 0.5) is 10.1 Å². The third kappa shape index (κ3) is 6.18. The summed E-state index contributed by atoms with van der Waals surface area (Å²) in [5, 5.41) is 14.9. The van der Waals surface area contributed by atoms with Crippen molar-refractivity contribution in [1.29, 1.82) is 0 Å². The fourth-order valence-electron chi connectivity index (χ4n) is 3.63. The van der Waals surface area contributed by atoms with Crippen LogP contribution in [-0.2, 0) is 16.1 Å². The zero-order chi connectivity index (χ0) is 26.7. The fraction of sp³-hybridized carbons (Fsp3) is 0.280. The van der Waals surface area contributed by atoms with Crippen LogP contribution < -0.4 is 10.2 Å². The minimum absolute atomic E-state index is 0.200. The Labute approximate surface area is 217 Å². The van der Waals surface area contributed by atoms with Gasteiger partial charge in [-0.2, -0.15) is 4.80 Å². The quantitative estimate of drug-likeness (QED) is 0.385. The highest BCUT2D eigenvalue weighted by atomic mass is 35.5. The normalized spacial score (nSPS) is 12.3. The van der Waals surface area contributed by atoms with E-state index in [0.29, 0.717) is 17.1 Å². The van der Waals surface area contributed by atoms with E-state index in [1.54, 1.807) is 31.2 Å². The lowest BCUT2D eigenvalue weighted by molar-refractivity contribution is -0.128. The Bertz CT molecular complexity index is 1420. The minimum atomic E-state index is -1.13.